The highest BCUT2D eigenvalue weighted by molar-refractivity contribution is 7.89. The van der Waals surface area contributed by atoms with Crippen molar-refractivity contribution in [3.63, 3.8) is 0 Å². The fourth-order valence-corrected chi connectivity index (χ4v) is 6.96. The van der Waals surface area contributed by atoms with Crippen LogP contribution in [0.3, 0.4) is 0 Å². The van der Waals surface area contributed by atoms with Gasteiger partial charge in [-0.3, -0.25) is 4.79 Å². The van der Waals surface area contributed by atoms with Gasteiger partial charge >= 0.3 is 0 Å². The Morgan fingerprint density at radius 2 is 1.73 bits per heavy atom. The highest BCUT2D eigenvalue weighted by Crippen LogP contribution is 2.41. The zero-order valence-electron chi connectivity index (χ0n) is 18.6. The second-order valence-electron chi connectivity index (χ2n) is 9.17. The maximum Gasteiger partial charge on any atom is 0.243 e. The quantitative estimate of drug-likeness (QED) is 0.682. The van der Waals surface area contributed by atoms with Gasteiger partial charge in [0.25, 0.3) is 0 Å². The van der Waals surface area contributed by atoms with Gasteiger partial charge in [0.05, 0.1) is 10.3 Å². The maximum absolute atomic E-state index is 14.1. The van der Waals surface area contributed by atoms with Crippen LogP contribution in [0.5, 0.6) is 0 Å². The third kappa shape index (κ3) is 3.98. The molecule has 0 N–H and O–H groups in total. The molecule has 0 atom stereocenters. The number of benzene rings is 2. The molecular formula is C25H29FN2O4S. The van der Waals surface area contributed by atoms with Crippen LogP contribution >= 0.6 is 0 Å². The number of piperidine rings is 1. The van der Waals surface area contributed by atoms with Crippen molar-refractivity contribution in [1.29, 1.82) is 0 Å². The van der Waals surface area contributed by atoms with Gasteiger partial charge < -0.3 is 9.64 Å². The van der Waals surface area contributed by atoms with Gasteiger partial charge in [0, 0.05) is 38.5 Å². The Bertz CT molecular complexity index is 1150. The van der Waals surface area contributed by atoms with Crippen LogP contribution in [0.1, 0.15) is 43.2 Å². The fourth-order valence-electron chi connectivity index (χ4n) is 5.39. The topological polar surface area (TPSA) is 66.9 Å². The number of nitrogens with zero attached hydrogens (tertiary/aromatic N) is 2. The highest BCUT2D eigenvalue weighted by Gasteiger charge is 2.46. The standard InChI is InChI=1S/C25H29FN2O4S/c26-21-6-4-5-20(18-21)25(10-15-32-16-11-25)24(29)28-14-9-19-17-22(7-8-23(19)28)33(30,31)27-12-2-1-3-13-27/h4-8,17-18H,1-3,9-16H2. The lowest BCUT2D eigenvalue weighted by Gasteiger charge is -2.39. The summed E-state index contributed by atoms with van der Waals surface area (Å²) in [6.07, 6.45) is 4.41. The molecule has 3 aliphatic rings. The first kappa shape index (κ1) is 22.5. The number of halogens is 1. The second-order valence-corrected chi connectivity index (χ2v) is 11.1. The zero-order chi connectivity index (χ0) is 23.1. The van der Waals surface area contributed by atoms with E-state index in [1.165, 1.54) is 12.1 Å². The number of carbonyl (C=O) groups excluding carboxylic acids is 1. The molecule has 8 heteroatoms. The number of rotatable bonds is 4. The van der Waals surface area contributed by atoms with Crippen molar-refractivity contribution < 1.29 is 22.3 Å². The van der Waals surface area contributed by atoms with Gasteiger partial charge in [0.15, 0.2) is 0 Å². The molecule has 2 aromatic rings. The van der Waals surface area contributed by atoms with Crippen LogP contribution < -0.4 is 4.90 Å². The zero-order valence-corrected chi connectivity index (χ0v) is 19.4. The molecule has 0 aromatic heterocycles. The number of hydrogen-bond acceptors (Lipinski definition) is 4. The number of ether oxygens (including phenoxy) is 1. The second kappa shape index (κ2) is 8.81. The van der Waals surface area contributed by atoms with Gasteiger partial charge in [-0.1, -0.05) is 18.6 Å². The molecule has 0 saturated carbocycles. The first-order valence-electron chi connectivity index (χ1n) is 11.7. The predicted molar refractivity (Wildman–Crippen MR) is 123 cm³/mol. The summed E-state index contributed by atoms with van der Waals surface area (Å²) in [5.74, 6) is -0.428. The molecule has 33 heavy (non-hydrogen) atoms. The summed E-state index contributed by atoms with van der Waals surface area (Å²) in [6.45, 7) is 2.48. The number of hydrogen-bond donors (Lipinski definition) is 0. The van der Waals surface area contributed by atoms with E-state index in [1.807, 2.05) is 6.07 Å². The maximum atomic E-state index is 14.1. The first-order chi connectivity index (χ1) is 15.9. The number of amides is 1. The molecule has 0 radical (unpaired) electrons. The van der Waals surface area contributed by atoms with Crippen molar-refractivity contribution in [1.82, 2.24) is 4.31 Å². The van der Waals surface area contributed by atoms with Crippen LogP contribution in [0.4, 0.5) is 10.1 Å². The van der Waals surface area contributed by atoms with Gasteiger partial charge in [0.2, 0.25) is 15.9 Å². The molecule has 6 nitrogen and oxygen atoms in total. The summed E-state index contributed by atoms with van der Waals surface area (Å²) >= 11 is 0. The Morgan fingerprint density at radius 1 is 0.970 bits per heavy atom. The SMILES string of the molecule is O=C(N1CCc2cc(S(=O)(=O)N3CCCCC3)ccc21)C1(c2cccc(F)c2)CCOCC1. The van der Waals surface area contributed by atoms with Crippen LogP contribution in [0, 0.1) is 5.82 Å². The molecule has 2 aromatic carbocycles. The van der Waals surface area contributed by atoms with E-state index in [-0.39, 0.29) is 11.7 Å². The van der Waals surface area contributed by atoms with Crippen LogP contribution in [-0.4, -0.2) is 51.5 Å². The Morgan fingerprint density at radius 3 is 2.45 bits per heavy atom. The summed E-state index contributed by atoms with van der Waals surface area (Å²) < 4.78 is 47.4. The van der Waals surface area contributed by atoms with Gasteiger partial charge in [-0.15, -0.1) is 0 Å². The Balaban J connectivity index is 1.46. The highest BCUT2D eigenvalue weighted by atomic mass is 32.2. The van der Waals surface area contributed by atoms with Crippen molar-refractivity contribution in [2.45, 2.75) is 48.8 Å². The van der Waals surface area contributed by atoms with Crippen molar-refractivity contribution in [2.24, 2.45) is 0 Å². The van der Waals surface area contributed by atoms with Crippen molar-refractivity contribution in [2.75, 3.05) is 37.7 Å². The molecule has 5 rings (SSSR count). The summed E-state index contributed by atoms with van der Waals surface area (Å²) in [7, 11) is -3.53. The largest absolute Gasteiger partial charge is 0.381 e. The predicted octanol–water partition coefficient (Wildman–Crippen LogP) is 3.64. The van der Waals surface area contributed by atoms with E-state index in [0.717, 1.165) is 30.5 Å². The minimum absolute atomic E-state index is 0.0678. The third-order valence-electron chi connectivity index (χ3n) is 7.28. The summed E-state index contributed by atoms with van der Waals surface area (Å²) in [6, 6.07) is 11.4. The fraction of sp³-hybridized carbons (Fsp3) is 0.480. The molecule has 1 amide bonds. The van der Waals surface area contributed by atoms with Gasteiger partial charge in [-0.2, -0.15) is 4.31 Å². The lowest BCUT2D eigenvalue weighted by atomic mass is 9.73. The third-order valence-corrected chi connectivity index (χ3v) is 9.17. The molecule has 0 bridgehead atoms. The molecular weight excluding hydrogens is 443 g/mol. The van der Waals surface area contributed by atoms with E-state index in [0.29, 0.717) is 62.6 Å². The van der Waals surface area contributed by atoms with Crippen LogP contribution in [0.25, 0.3) is 0 Å². The first-order valence-corrected chi connectivity index (χ1v) is 13.1. The normalized spacial score (nSPS) is 21.1. The van der Waals surface area contributed by atoms with E-state index >= 15 is 0 Å². The van der Waals surface area contributed by atoms with Crippen molar-refractivity contribution in [3.05, 3.63) is 59.4 Å². The average Bonchev–Trinajstić information content (AvgIpc) is 3.28. The van der Waals surface area contributed by atoms with Crippen molar-refractivity contribution in [3.8, 4) is 0 Å². The molecule has 3 aliphatic heterocycles. The van der Waals surface area contributed by atoms with Crippen LogP contribution in [0.15, 0.2) is 47.4 Å². The Labute approximate surface area is 194 Å². The number of fused-ring (bicyclic) bond motifs is 1. The smallest absolute Gasteiger partial charge is 0.243 e. The summed E-state index contributed by atoms with van der Waals surface area (Å²) in [5.41, 5.74) is 1.44. The number of carbonyl (C=O) groups is 1. The van der Waals surface area contributed by atoms with E-state index in [9.17, 15) is 17.6 Å². The number of sulfonamides is 1. The minimum atomic E-state index is -3.53. The molecule has 2 fully saturated rings. The van der Waals surface area contributed by atoms with E-state index in [2.05, 4.69) is 0 Å². The van der Waals surface area contributed by atoms with Crippen molar-refractivity contribution >= 4 is 21.6 Å². The monoisotopic (exact) mass is 472 g/mol. The average molecular weight is 473 g/mol. The molecule has 176 valence electrons. The minimum Gasteiger partial charge on any atom is -0.381 e. The Hall–Kier alpha value is -2.29. The molecule has 2 saturated heterocycles. The summed E-state index contributed by atoms with van der Waals surface area (Å²) in [5, 5.41) is 0. The van der Waals surface area contributed by atoms with Gasteiger partial charge in [0.1, 0.15) is 5.82 Å². The van der Waals surface area contributed by atoms with Crippen LogP contribution in [0.2, 0.25) is 0 Å². The molecule has 0 aliphatic carbocycles. The molecule has 3 heterocycles. The number of anilines is 1. The lowest BCUT2D eigenvalue weighted by Crippen LogP contribution is -2.49. The molecule has 0 unspecified atom stereocenters. The molecule has 0 spiro atoms. The van der Waals surface area contributed by atoms with Gasteiger partial charge in [-0.25, -0.2) is 12.8 Å². The lowest BCUT2D eigenvalue weighted by molar-refractivity contribution is -0.127. The summed E-state index contributed by atoms with van der Waals surface area (Å²) in [4.78, 5) is 16.0. The Kier molecular flexibility index (Phi) is 6.01. The van der Waals surface area contributed by atoms with Crippen LogP contribution in [-0.2, 0) is 31.4 Å². The van der Waals surface area contributed by atoms with E-state index < -0.39 is 15.4 Å². The van der Waals surface area contributed by atoms with E-state index in [4.69, 9.17) is 4.74 Å². The van der Waals surface area contributed by atoms with Gasteiger partial charge in [-0.05, 0) is 73.6 Å². The van der Waals surface area contributed by atoms with E-state index in [1.54, 1.807) is 33.5 Å².